The monoisotopic (exact) mass is 241 g/mol. The first-order valence-corrected chi connectivity index (χ1v) is 5.53. The highest BCUT2D eigenvalue weighted by molar-refractivity contribution is 7.92. The molecule has 2 aromatic heterocycles. The van der Waals surface area contributed by atoms with Gasteiger partial charge in [0.05, 0.1) is 18.6 Å². The van der Waals surface area contributed by atoms with Crippen LogP contribution in [0.15, 0.2) is 23.5 Å². The zero-order valence-corrected chi connectivity index (χ0v) is 8.64. The fraction of sp³-hybridized carbons (Fsp3) is 0. The summed E-state index contributed by atoms with van der Waals surface area (Å²) in [6.45, 7) is 0. The molecule has 0 saturated carbocycles. The molecule has 0 aliphatic rings. The van der Waals surface area contributed by atoms with Gasteiger partial charge in [-0.05, 0) is 0 Å². The van der Waals surface area contributed by atoms with Crippen molar-refractivity contribution in [2.45, 2.75) is 4.90 Å². The molecule has 0 radical (unpaired) electrons. The van der Waals surface area contributed by atoms with Crippen LogP contribution in [0.1, 0.15) is 0 Å². The normalized spacial score (nSPS) is 11.2. The summed E-state index contributed by atoms with van der Waals surface area (Å²) in [7, 11) is -3.83. The molecule has 0 aromatic carbocycles. The van der Waals surface area contributed by atoms with Gasteiger partial charge in [-0.15, -0.1) is 5.10 Å². The van der Waals surface area contributed by atoms with E-state index in [1.807, 2.05) is 0 Å². The number of nitrogens with one attached hydrogen (secondary N) is 2. The highest BCUT2D eigenvalue weighted by Gasteiger charge is 2.20. The van der Waals surface area contributed by atoms with Crippen molar-refractivity contribution >= 4 is 21.8 Å². The van der Waals surface area contributed by atoms with Crippen LogP contribution in [0.3, 0.4) is 0 Å². The average molecular weight is 241 g/mol. The third-order valence-electron chi connectivity index (χ3n) is 1.63. The Morgan fingerprint density at radius 3 is 2.75 bits per heavy atom. The molecule has 0 unspecified atom stereocenters. The molecule has 2 heterocycles. The molecule has 0 aliphatic heterocycles. The molecule has 0 atom stereocenters. The maximum absolute atomic E-state index is 11.7. The number of nitrogen functional groups attached to an aromatic ring is 1. The molecule has 10 heteroatoms. The van der Waals surface area contributed by atoms with Crippen LogP contribution in [-0.4, -0.2) is 33.8 Å². The molecular weight excluding hydrogens is 234 g/mol. The minimum atomic E-state index is -3.83. The van der Waals surface area contributed by atoms with Crippen LogP contribution in [0.25, 0.3) is 0 Å². The Kier molecular flexibility index (Phi) is 2.40. The van der Waals surface area contributed by atoms with Crippen molar-refractivity contribution < 1.29 is 8.42 Å². The van der Waals surface area contributed by atoms with Crippen LogP contribution >= 0.6 is 0 Å². The number of nitrogens with two attached hydrogens (primary N) is 1. The van der Waals surface area contributed by atoms with Gasteiger partial charge in [-0.3, -0.25) is 5.10 Å². The van der Waals surface area contributed by atoms with E-state index in [-0.39, 0.29) is 16.7 Å². The number of anilines is 2. The number of rotatable bonds is 3. The van der Waals surface area contributed by atoms with Gasteiger partial charge in [0, 0.05) is 0 Å². The first kappa shape index (κ1) is 10.3. The quantitative estimate of drug-likeness (QED) is 0.624. The predicted octanol–water partition coefficient (Wildman–Crippen LogP) is -1.02. The Labute approximate surface area is 90.2 Å². The Hall–Kier alpha value is -2.23. The lowest BCUT2D eigenvalue weighted by molar-refractivity contribution is 0.601. The number of H-pyrrole nitrogens is 1. The smallest absolute Gasteiger partial charge is 0.269 e. The average Bonchev–Trinajstić information content (AvgIpc) is 2.66. The second-order valence-electron chi connectivity index (χ2n) is 2.72. The number of hydrogen-bond donors (Lipinski definition) is 3. The lowest BCUT2D eigenvalue weighted by Gasteiger charge is -2.03. The van der Waals surface area contributed by atoms with Gasteiger partial charge in [-0.25, -0.2) is 18.1 Å². The maximum atomic E-state index is 11.7. The Morgan fingerprint density at radius 1 is 1.38 bits per heavy atom. The summed E-state index contributed by atoms with van der Waals surface area (Å²) < 4.78 is 25.6. The van der Waals surface area contributed by atoms with Crippen LogP contribution in [-0.2, 0) is 10.0 Å². The number of sulfonamides is 1. The van der Waals surface area contributed by atoms with Gasteiger partial charge in [0.1, 0.15) is 10.7 Å². The van der Waals surface area contributed by atoms with E-state index in [1.165, 1.54) is 12.4 Å². The minimum absolute atomic E-state index is 0.0589. The largest absolute Gasteiger partial charge is 0.383 e. The van der Waals surface area contributed by atoms with E-state index in [4.69, 9.17) is 5.73 Å². The van der Waals surface area contributed by atoms with Gasteiger partial charge < -0.3 is 5.73 Å². The van der Waals surface area contributed by atoms with E-state index in [0.717, 1.165) is 6.20 Å². The summed E-state index contributed by atoms with van der Waals surface area (Å²) in [5.74, 6) is -0.195. The third kappa shape index (κ3) is 1.91. The van der Waals surface area contributed by atoms with Gasteiger partial charge in [-0.2, -0.15) is 10.2 Å². The summed E-state index contributed by atoms with van der Waals surface area (Å²) in [6.07, 6.45) is 3.72. The topological polar surface area (TPSA) is 140 Å². The molecule has 9 nitrogen and oxygen atoms in total. The molecular formula is C6H7N7O2S. The number of aromatic amines is 1. The molecule has 0 amide bonds. The van der Waals surface area contributed by atoms with E-state index >= 15 is 0 Å². The fourth-order valence-corrected chi connectivity index (χ4v) is 1.94. The standard InChI is InChI=1S/C6H7N7O2S/c7-5-4(3-10-11-5)16(14,15)13-6-8-1-2-9-12-6/h1-3H,(H3,7,10,11)(H,8,12,13). The predicted molar refractivity (Wildman–Crippen MR) is 53.6 cm³/mol. The van der Waals surface area contributed by atoms with Crippen LogP contribution in [0, 0.1) is 0 Å². The highest BCUT2D eigenvalue weighted by atomic mass is 32.2. The highest BCUT2D eigenvalue weighted by Crippen LogP contribution is 2.16. The third-order valence-corrected chi connectivity index (χ3v) is 2.99. The van der Waals surface area contributed by atoms with E-state index in [0.29, 0.717) is 0 Å². The lowest BCUT2D eigenvalue weighted by Crippen LogP contribution is -2.16. The summed E-state index contributed by atoms with van der Waals surface area (Å²) in [6, 6.07) is 0. The number of nitrogens with zero attached hydrogens (tertiary/aromatic N) is 4. The number of aromatic nitrogens is 5. The molecule has 2 aromatic rings. The second kappa shape index (κ2) is 3.73. The summed E-state index contributed by atoms with van der Waals surface area (Å²) in [5.41, 5.74) is 5.39. The van der Waals surface area contributed by atoms with Gasteiger partial charge in [0.25, 0.3) is 16.0 Å². The van der Waals surface area contributed by atoms with Gasteiger partial charge in [0.2, 0.25) is 0 Å². The van der Waals surface area contributed by atoms with Crippen LogP contribution in [0.5, 0.6) is 0 Å². The van der Waals surface area contributed by atoms with Crippen molar-refractivity contribution in [1.29, 1.82) is 0 Å². The minimum Gasteiger partial charge on any atom is -0.383 e. The zero-order valence-electron chi connectivity index (χ0n) is 7.82. The molecule has 16 heavy (non-hydrogen) atoms. The molecule has 84 valence electrons. The molecule has 0 fully saturated rings. The van der Waals surface area contributed by atoms with Crippen molar-refractivity contribution in [3.05, 3.63) is 18.6 Å². The molecule has 0 bridgehead atoms. The van der Waals surface area contributed by atoms with Gasteiger partial charge in [-0.1, -0.05) is 0 Å². The van der Waals surface area contributed by atoms with Crippen molar-refractivity contribution in [3.63, 3.8) is 0 Å². The summed E-state index contributed by atoms with van der Waals surface area (Å²) in [4.78, 5) is 3.50. The van der Waals surface area contributed by atoms with E-state index in [2.05, 4.69) is 30.1 Å². The molecule has 2 rings (SSSR count). The van der Waals surface area contributed by atoms with Gasteiger partial charge in [0.15, 0.2) is 0 Å². The van der Waals surface area contributed by atoms with E-state index < -0.39 is 10.0 Å². The van der Waals surface area contributed by atoms with Crippen molar-refractivity contribution in [2.24, 2.45) is 0 Å². The second-order valence-corrected chi connectivity index (χ2v) is 4.37. The van der Waals surface area contributed by atoms with Gasteiger partial charge >= 0.3 is 0 Å². The maximum Gasteiger partial charge on any atom is 0.269 e. The van der Waals surface area contributed by atoms with Crippen molar-refractivity contribution in [2.75, 3.05) is 10.5 Å². The molecule has 0 spiro atoms. The first-order valence-electron chi connectivity index (χ1n) is 4.05. The zero-order chi connectivity index (χ0) is 11.6. The van der Waals surface area contributed by atoms with Crippen LogP contribution in [0.2, 0.25) is 0 Å². The molecule has 0 saturated heterocycles. The SMILES string of the molecule is Nc1[nH]ncc1S(=O)(=O)Nc1nccnn1. The molecule has 4 N–H and O–H groups in total. The Balaban J connectivity index is 2.32. The summed E-state index contributed by atoms with van der Waals surface area (Å²) in [5, 5.41) is 12.8. The van der Waals surface area contributed by atoms with Crippen LogP contribution < -0.4 is 10.5 Å². The van der Waals surface area contributed by atoms with E-state index in [9.17, 15) is 8.42 Å². The molecule has 0 aliphatic carbocycles. The van der Waals surface area contributed by atoms with Crippen molar-refractivity contribution in [1.82, 2.24) is 25.4 Å². The van der Waals surface area contributed by atoms with E-state index in [1.54, 1.807) is 0 Å². The Bertz CT molecular complexity index is 578. The fourth-order valence-electron chi connectivity index (χ4n) is 0.969. The van der Waals surface area contributed by atoms with Crippen molar-refractivity contribution in [3.8, 4) is 0 Å². The number of hydrogen-bond acceptors (Lipinski definition) is 7. The Morgan fingerprint density at radius 2 is 2.19 bits per heavy atom. The van der Waals surface area contributed by atoms with Crippen LogP contribution in [0.4, 0.5) is 11.8 Å². The first-order chi connectivity index (χ1) is 7.59. The lowest BCUT2D eigenvalue weighted by atomic mass is 10.7. The summed E-state index contributed by atoms with van der Waals surface area (Å²) >= 11 is 0.